The van der Waals surface area contributed by atoms with Gasteiger partial charge in [0.2, 0.25) is 0 Å². The number of halogens is 1. The summed E-state index contributed by atoms with van der Waals surface area (Å²) >= 11 is 0. The number of rotatable bonds is 5. The van der Waals surface area contributed by atoms with Crippen LogP contribution >= 0.6 is 0 Å². The second-order valence-electron chi connectivity index (χ2n) is 9.30. The van der Waals surface area contributed by atoms with E-state index in [-0.39, 0.29) is 11.9 Å². The molecule has 5 aromatic rings. The van der Waals surface area contributed by atoms with Gasteiger partial charge in [-0.1, -0.05) is 6.07 Å². The molecule has 0 saturated carbocycles. The van der Waals surface area contributed by atoms with Crippen molar-refractivity contribution in [1.82, 2.24) is 29.9 Å². The number of aromatic nitrogens is 5. The third-order valence-corrected chi connectivity index (χ3v) is 6.88. The Kier molecular flexibility index (Phi) is 5.69. The predicted molar refractivity (Wildman–Crippen MR) is 139 cm³/mol. The highest BCUT2D eigenvalue weighted by atomic mass is 19.1. The molecule has 0 spiro atoms. The Hall–Kier alpha value is -4.11. The van der Waals surface area contributed by atoms with Crippen LogP contribution in [0.3, 0.4) is 0 Å². The molecule has 1 aliphatic rings. The molecule has 3 aromatic heterocycles. The van der Waals surface area contributed by atoms with E-state index in [1.54, 1.807) is 10.8 Å². The summed E-state index contributed by atoms with van der Waals surface area (Å²) in [6.45, 7) is 6.59. The van der Waals surface area contributed by atoms with E-state index in [1.807, 2.05) is 30.5 Å². The van der Waals surface area contributed by atoms with Crippen LogP contribution in [0.5, 0.6) is 0 Å². The number of hydrogen-bond donors (Lipinski definition) is 2. The van der Waals surface area contributed by atoms with Gasteiger partial charge in [0.05, 0.1) is 16.6 Å². The molecule has 0 aliphatic carbocycles. The van der Waals surface area contributed by atoms with Crippen molar-refractivity contribution in [2.75, 3.05) is 29.9 Å². The zero-order valence-corrected chi connectivity index (χ0v) is 20.2. The summed E-state index contributed by atoms with van der Waals surface area (Å²) in [5, 5.41) is 11.3. The number of aryl methyl sites for hydroxylation is 1. The molecule has 1 aliphatic heterocycles. The molecule has 1 fully saturated rings. The third kappa shape index (κ3) is 4.11. The molecule has 182 valence electrons. The SMILES string of the molecule is Cc1cc(Nc2ncnc3ccc(N4CCNCC4C)c(F)c23)ccc1Cc1ccn2ncnc2c1. The van der Waals surface area contributed by atoms with Crippen molar-refractivity contribution in [3.63, 3.8) is 0 Å². The number of pyridine rings is 1. The summed E-state index contributed by atoms with van der Waals surface area (Å²) < 4.78 is 17.6. The molecule has 0 bridgehead atoms. The highest BCUT2D eigenvalue weighted by molar-refractivity contribution is 5.94. The van der Waals surface area contributed by atoms with Crippen LogP contribution in [0.15, 0.2) is 61.3 Å². The standard InChI is InChI=1S/C27H27FN8/c1-17-11-21(4-3-20(17)12-19-7-9-36-24(13-19)31-16-33-36)34-27-25-22(30-15-32-27)5-6-23(26(25)28)35-10-8-29-14-18(35)2/h3-7,9,11,13,15-16,18,29H,8,10,12,14H2,1-2H3,(H,30,32,34). The highest BCUT2D eigenvalue weighted by Crippen LogP contribution is 2.33. The number of nitrogens with one attached hydrogen (secondary N) is 2. The third-order valence-electron chi connectivity index (χ3n) is 6.88. The minimum absolute atomic E-state index is 0.201. The summed E-state index contributed by atoms with van der Waals surface area (Å²) in [5.74, 6) is 0.174. The topological polar surface area (TPSA) is 83.3 Å². The van der Waals surface area contributed by atoms with Crippen LogP contribution in [0.2, 0.25) is 0 Å². The minimum Gasteiger partial charge on any atom is -0.364 e. The molecule has 2 N–H and O–H groups in total. The molecule has 6 rings (SSSR count). The summed E-state index contributed by atoms with van der Waals surface area (Å²) in [7, 11) is 0. The van der Waals surface area contributed by atoms with Gasteiger partial charge in [0, 0.05) is 37.6 Å². The lowest BCUT2D eigenvalue weighted by Gasteiger charge is -2.36. The molecule has 2 aromatic carbocycles. The number of fused-ring (bicyclic) bond motifs is 2. The van der Waals surface area contributed by atoms with Crippen LogP contribution in [0.4, 0.5) is 21.6 Å². The van der Waals surface area contributed by atoms with E-state index < -0.39 is 0 Å². The quantitative estimate of drug-likeness (QED) is 0.387. The van der Waals surface area contributed by atoms with E-state index in [2.05, 4.69) is 67.6 Å². The van der Waals surface area contributed by atoms with Crippen molar-refractivity contribution >= 4 is 33.7 Å². The molecule has 4 heterocycles. The molecule has 1 saturated heterocycles. The molecule has 1 unspecified atom stereocenters. The van der Waals surface area contributed by atoms with E-state index in [4.69, 9.17) is 0 Å². The Labute approximate surface area is 208 Å². The van der Waals surface area contributed by atoms with E-state index >= 15 is 4.39 Å². The zero-order chi connectivity index (χ0) is 24.6. The van der Waals surface area contributed by atoms with Crippen molar-refractivity contribution in [3.05, 3.63) is 83.8 Å². The predicted octanol–water partition coefficient (Wildman–Crippen LogP) is 4.25. The number of nitrogens with zero attached hydrogens (tertiary/aromatic N) is 6. The molecular formula is C27H27FN8. The van der Waals surface area contributed by atoms with Gasteiger partial charge in [0.1, 0.15) is 18.5 Å². The highest BCUT2D eigenvalue weighted by Gasteiger charge is 2.23. The maximum absolute atomic E-state index is 15.9. The minimum atomic E-state index is -0.290. The molecular weight excluding hydrogens is 455 g/mol. The molecule has 36 heavy (non-hydrogen) atoms. The molecule has 0 radical (unpaired) electrons. The van der Waals surface area contributed by atoms with Crippen molar-refractivity contribution in [3.8, 4) is 0 Å². The van der Waals surface area contributed by atoms with Gasteiger partial charge in [-0.05, 0) is 73.4 Å². The first-order chi connectivity index (χ1) is 17.6. The summed E-state index contributed by atoms with van der Waals surface area (Å²) in [6.07, 6.45) is 5.73. The molecule has 0 amide bonds. The number of piperazine rings is 1. The van der Waals surface area contributed by atoms with Crippen LogP contribution in [-0.4, -0.2) is 50.2 Å². The monoisotopic (exact) mass is 482 g/mol. The van der Waals surface area contributed by atoms with E-state index in [0.717, 1.165) is 48.5 Å². The average Bonchev–Trinajstić information content (AvgIpc) is 3.35. The van der Waals surface area contributed by atoms with Gasteiger partial charge in [-0.15, -0.1) is 0 Å². The van der Waals surface area contributed by atoms with Crippen LogP contribution in [0.1, 0.15) is 23.6 Å². The lowest BCUT2D eigenvalue weighted by atomic mass is 10.0. The number of benzene rings is 2. The summed E-state index contributed by atoms with van der Waals surface area (Å²) in [4.78, 5) is 15.1. The fraction of sp³-hybridized carbons (Fsp3) is 0.259. The number of anilines is 3. The van der Waals surface area contributed by atoms with Gasteiger partial charge >= 0.3 is 0 Å². The Morgan fingerprint density at radius 2 is 2.00 bits per heavy atom. The first-order valence-electron chi connectivity index (χ1n) is 12.1. The van der Waals surface area contributed by atoms with E-state index in [0.29, 0.717) is 22.4 Å². The first kappa shape index (κ1) is 22.4. The number of hydrogen-bond acceptors (Lipinski definition) is 7. The fourth-order valence-corrected chi connectivity index (χ4v) is 4.91. The van der Waals surface area contributed by atoms with Gasteiger partial charge in [0.25, 0.3) is 0 Å². The Bertz CT molecular complexity index is 1560. The average molecular weight is 483 g/mol. The Balaban J connectivity index is 1.29. The molecule has 9 heteroatoms. The van der Waals surface area contributed by atoms with Crippen LogP contribution in [-0.2, 0) is 6.42 Å². The van der Waals surface area contributed by atoms with E-state index in [1.165, 1.54) is 11.9 Å². The molecule has 8 nitrogen and oxygen atoms in total. The first-order valence-corrected chi connectivity index (χ1v) is 12.1. The fourth-order valence-electron chi connectivity index (χ4n) is 4.91. The molecule has 1 atom stereocenters. The van der Waals surface area contributed by atoms with E-state index in [9.17, 15) is 0 Å². The summed E-state index contributed by atoms with van der Waals surface area (Å²) in [5.41, 5.74) is 6.35. The Morgan fingerprint density at radius 1 is 1.08 bits per heavy atom. The zero-order valence-electron chi connectivity index (χ0n) is 20.2. The van der Waals surface area contributed by atoms with Crippen LogP contribution in [0.25, 0.3) is 16.6 Å². The summed E-state index contributed by atoms with van der Waals surface area (Å²) in [6, 6.07) is 14.2. The van der Waals surface area contributed by atoms with Crippen molar-refractivity contribution < 1.29 is 4.39 Å². The lowest BCUT2D eigenvalue weighted by molar-refractivity contribution is 0.492. The van der Waals surface area contributed by atoms with Crippen molar-refractivity contribution in [2.24, 2.45) is 0 Å². The van der Waals surface area contributed by atoms with Gasteiger partial charge in [-0.2, -0.15) is 5.10 Å². The van der Waals surface area contributed by atoms with Crippen LogP contribution in [0, 0.1) is 12.7 Å². The van der Waals surface area contributed by atoms with Gasteiger partial charge in [0.15, 0.2) is 11.5 Å². The maximum atomic E-state index is 15.9. The second kappa shape index (κ2) is 9.16. The smallest absolute Gasteiger partial charge is 0.159 e. The normalized spacial score (nSPS) is 16.1. The van der Waals surface area contributed by atoms with Crippen LogP contribution < -0.4 is 15.5 Å². The van der Waals surface area contributed by atoms with Gasteiger partial charge in [-0.25, -0.2) is 23.9 Å². The maximum Gasteiger partial charge on any atom is 0.159 e. The largest absolute Gasteiger partial charge is 0.364 e. The van der Waals surface area contributed by atoms with Crippen molar-refractivity contribution in [1.29, 1.82) is 0 Å². The second-order valence-corrected chi connectivity index (χ2v) is 9.30. The van der Waals surface area contributed by atoms with Gasteiger partial charge in [-0.3, -0.25) is 0 Å². The lowest BCUT2D eigenvalue weighted by Crippen LogP contribution is -2.50. The Morgan fingerprint density at radius 3 is 2.86 bits per heavy atom. The van der Waals surface area contributed by atoms with Crippen molar-refractivity contribution in [2.45, 2.75) is 26.3 Å². The van der Waals surface area contributed by atoms with Gasteiger partial charge < -0.3 is 15.5 Å².